The fourth-order valence-electron chi connectivity index (χ4n) is 2.25. The number of aromatic nitrogens is 2. The molecule has 2 aromatic heterocycles. The third-order valence-corrected chi connectivity index (χ3v) is 4.60. The molecule has 0 amide bonds. The van der Waals surface area contributed by atoms with Crippen LogP contribution in [0.4, 0.5) is 0 Å². The fraction of sp³-hybridized carbons (Fsp3) is 0.188. The molecule has 102 valence electrons. The Labute approximate surface area is 120 Å². The molecule has 0 spiro atoms. The van der Waals surface area contributed by atoms with Gasteiger partial charge in [0.25, 0.3) is 0 Å². The molecule has 0 fully saturated rings. The van der Waals surface area contributed by atoms with E-state index in [-0.39, 0.29) is 0 Å². The van der Waals surface area contributed by atoms with Gasteiger partial charge in [-0.25, -0.2) is 4.98 Å². The van der Waals surface area contributed by atoms with Crippen molar-refractivity contribution in [3.63, 3.8) is 0 Å². The minimum absolute atomic E-state index is 0.449. The molecule has 0 N–H and O–H groups in total. The molecule has 3 rings (SSSR count). The van der Waals surface area contributed by atoms with Gasteiger partial charge in [-0.1, -0.05) is 18.2 Å². The van der Waals surface area contributed by atoms with Crippen molar-refractivity contribution < 1.29 is 4.21 Å². The number of rotatable bonds is 3. The number of aryl methyl sites for hydroxylation is 2. The average Bonchev–Trinajstić information content (AvgIpc) is 2.83. The van der Waals surface area contributed by atoms with Crippen LogP contribution >= 0.6 is 0 Å². The molecule has 3 aromatic rings. The third-order valence-electron chi connectivity index (χ3n) is 3.26. The lowest BCUT2D eigenvalue weighted by Crippen LogP contribution is -1.97. The molecule has 0 saturated carbocycles. The topological polar surface area (TPSA) is 34.4 Å². The Bertz CT molecular complexity index is 792. The molecule has 1 unspecified atom stereocenters. The van der Waals surface area contributed by atoms with E-state index in [1.165, 1.54) is 0 Å². The van der Waals surface area contributed by atoms with Crippen molar-refractivity contribution in [3.05, 3.63) is 65.6 Å². The Morgan fingerprint density at radius 1 is 1.20 bits per heavy atom. The fourth-order valence-corrected chi connectivity index (χ4v) is 3.37. The second-order valence-electron chi connectivity index (χ2n) is 4.96. The van der Waals surface area contributed by atoms with Crippen LogP contribution in [0.2, 0.25) is 0 Å². The molecule has 0 saturated heterocycles. The Morgan fingerprint density at radius 2 is 2.05 bits per heavy atom. The van der Waals surface area contributed by atoms with Crippen LogP contribution in [0.3, 0.4) is 0 Å². The van der Waals surface area contributed by atoms with Crippen LogP contribution in [-0.2, 0) is 16.6 Å². The highest BCUT2D eigenvalue weighted by molar-refractivity contribution is 7.84. The predicted molar refractivity (Wildman–Crippen MR) is 81.2 cm³/mol. The zero-order valence-electron chi connectivity index (χ0n) is 11.5. The standard InChI is InChI=1S/C16H16N2OS/c1-12-5-3-7-15(9-12)20(19)11-14-10-18-8-4-6-13(2)16(18)17-14/h3-10H,11H2,1-2H3. The number of benzene rings is 1. The lowest BCUT2D eigenvalue weighted by Gasteiger charge is -2.01. The maximum absolute atomic E-state index is 12.4. The summed E-state index contributed by atoms with van der Waals surface area (Å²) in [6.07, 6.45) is 3.92. The van der Waals surface area contributed by atoms with Gasteiger partial charge in [0, 0.05) is 17.3 Å². The molecule has 0 radical (unpaired) electrons. The molecule has 3 nitrogen and oxygen atoms in total. The van der Waals surface area contributed by atoms with E-state index in [4.69, 9.17) is 0 Å². The van der Waals surface area contributed by atoms with Crippen molar-refractivity contribution in [3.8, 4) is 0 Å². The molecule has 4 heteroatoms. The maximum Gasteiger partial charge on any atom is 0.139 e. The molecule has 1 aromatic carbocycles. The van der Waals surface area contributed by atoms with E-state index in [1.54, 1.807) is 0 Å². The second-order valence-corrected chi connectivity index (χ2v) is 6.41. The predicted octanol–water partition coefficient (Wildman–Crippen LogP) is 3.26. The molecule has 20 heavy (non-hydrogen) atoms. The number of fused-ring (bicyclic) bond motifs is 1. The average molecular weight is 284 g/mol. The van der Waals surface area contributed by atoms with Gasteiger partial charge in [-0.3, -0.25) is 4.21 Å². The first-order valence-corrected chi connectivity index (χ1v) is 7.83. The molecule has 2 heterocycles. The largest absolute Gasteiger partial charge is 0.307 e. The molecule has 0 aliphatic carbocycles. The number of pyridine rings is 1. The zero-order chi connectivity index (χ0) is 14.1. The van der Waals surface area contributed by atoms with Crippen molar-refractivity contribution in [1.82, 2.24) is 9.38 Å². The third kappa shape index (κ3) is 2.51. The molecule has 1 atom stereocenters. The van der Waals surface area contributed by atoms with Gasteiger partial charge >= 0.3 is 0 Å². The summed E-state index contributed by atoms with van der Waals surface area (Å²) in [6, 6.07) is 11.8. The maximum atomic E-state index is 12.4. The van der Waals surface area contributed by atoms with E-state index in [9.17, 15) is 4.21 Å². The Hall–Kier alpha value is -1.94. The van der Waals surface area contributed by atoms with Crippen LogP contribution in [0, 0.1) is 13.8 Å². The van der Waals surface area contributed by atoms with Crippen LogP contribution in [0.5, 0.6) is 0 Å². The van der Waals surface area contributed by atoms with Crippen molar-refractivity contribution in [2.24, 2.45) is 0 Å². The summed E-state index contributed by atoms with van der Waals surface area (Å²) in [5.41, 5.74) is 4.05. The minimum Gasteiger partial charge on any atom is -0.307 e. The number of hydrogen-bond donors (Lipinski definition) is 0. The first-order chi connectivity index (χ1) is 9.63. The Morgan fingerprint density at radius 3 is 2.80 bits per heavy atom. The molecule has 0 bridgehead atoms. The second kappa shape index (κ2) is 5.21. The van der Waals surface area contributed by atoms with Gasteiger partial charge in [0.15, 0.2) is 0 Å². The monoisotopic (exact) mass is 284 g/mol. The van der Waals surface area contributed by atoms with Gasteiger partial charge in [-0.15, -0.1) is 0 Å². The van der Waals surface area contributed by atoms with Crippen LogP contribution in [0.15, 0.2) is 53.7 Å². The minimum atomic E-state index is -1.05. The Kier molecular flexibility index (Phi) is 3.40. The zero-order valence-corrected chi connectivity index (χ0v) is 12.4. The first-order valence-electron chi connectivity index (χ1n) is 6.52. The summed E-state index contributed by atoms with van der Waals surface area (Å²) >= 11 is 0. The number of hydrogen-bond acceptors (Lipinski definition) is 2. The van der Waals surface area contributed by atoms with Crippen LogP contribution < -0.4 is 0 Å². The molecule has 0 aliphatic rings. The van der Waals surface area contributed by atoms with E-state index in [0.717, 1.165) is 27.4 Å². The lowest BCUT2D eigenvalue weighted by molar-refractivity contribution is 0.682. The van der Waals surface area contributed by atoms with Gasteiger partial charge in [0.05, 0.1) is 22.2 Å². The van der Waals surface area contributed by atoms with E-state index in [0.29, 0.717) is 5.75 Å². The van der Waals surface area contributed by atoms with Crippen LogP contribution in [0.1, 0.15) is 16.8 Å². The normalized spacial score (nSPS) is 12.7. The molecular weight excluding hydrogens is 268 g/mol. The van der Waals surface area contributed by atoms with Gasteiger partial charge in [0.1, 0.15) is 5.65 Å². The van der Waals surface area contributed by atoms with Crippen molar-refractivity contribution in [1.29, 1.82) is 0 Å². The van der Waals surface area contributed by atoms with Crippen LogP contribution in [0.25, 0.3) is 5.65 Å². The van der Waals surface area contributed by atoms with Crippen LogP contribution in [-0.4, -0.2) is 13.6 Å². The van der Waals surface area contributed by atoms with E-state index < -0.39 is 10.8 Å². The van der Waals surface area contributed by atoms with Gasteiger partial charge < -0.3 is 4.40 Å². The van der Waals surface area contributed by atoms with E-state index in [2.05, 4.69) is 4.98 Å². The summed E-state index contributed by atoms with van der Waals surface area (Å²) in [7, 11) is -1.05. The molecular formula is C16H16N2OS. The molecule has 0 aliphatic heterocycles. The lowest BCUT2D eigenvalue weighted by atomic mass is 10.2. The number of imidazole rings is 1. The van der Waals surface area contributed by atoms with E-state index >= 15 is 0 Å². The highest BCUT2D eigenvalue weighted by Crippen LogP contribution is 2.15. The smallest absolute Gasteiger partial charge is 0.139 e. The number of nitrogens with zero attached hydrogens (tertiary/aromatic N) is 2. The van der Waals surface area contributed by atoms with E-state index in [1.807, 2.05) is 67.0 Å². The van der Waals surface area contributed by atoms with Crippen molar-refractivity contribution in [2.75, 3.05) is 0 Å². The summed E-state index contributed by atoms with van der Waals surface area (Å²) in [6.45, 7) is 4.04. The van der Waals surface area contributed by atoms with Gasteiger partial charge in [-0.05, 0) is 43.2 Å². The van der Waals surface area contributed by atoms with Gasteiger partial charge in [0.2, 0.25) is 0 Å². The van der Waals surface area contributed by atoms with Gasteiger partial charge in [-0.2, -0.15) is 0 Å². The van der Waals surface area contributed by atoms with Crippen molar-refractivity contribution in [2.45, 2.75) is 24.5 Å². The first kappa shape index (κ1) is 13.1. The highest BCUT2D eigenvalue weighted by Gasteiger charge is 2.09. The summed E-state index contributed by atoms with van der Waals surface area (Å²) in [5.74, 6) is 0.449. The summed E-state index contributed by atoms with van der Waals surface area (Å²) < 4.78 is 14.4. The van der Waals surface area contributed by atoms with Crippen molar-refractivity contribution >= 4 is 16.4 Å². The quantitative estimate of drug-likeness (QED) is 0.740. The SMILES string of the molecule is Cc1cccc(S(=O)Cc2cn3cccc(C)c3n2)c1. The highest BCUT2D eigenvalue weighted by atomic mass is 32.2. The Balaban J connectivity index is 1.89. The summed E-state index contributed by atoms with van der Waals surface area (Å²) in [4.78, 5) is 5.43. The summed E-state index contributed by atoms with van der Waals surface area (Å²) in [5, 5.41) is 0.